The molecule has 2 aromatic carbocycles. The zero-order chi connectivity index (χ0) is 14.9. The van der Waals surface area contributed by atoms with E-state index >= 15 is 0 Å². The fourth-order valence-electron chi connectivity index (χ4n) is 1.59. The van der Waals surface area contributed by atoms with Crippen LogP contribution < -0.4 is 10.5 Å². The Bertz CT molecular complexity index is 740. The number of nitrogens with two attached hydrogens (primary N) is 1. The van der Waals surface area contributed by atoms with E-state index in [9.17, 15) is 8.42 Å². The van der Waals surface area contributed by atoms with Gasteiger partial charge in [0.05, 0.1) is 15.7 Å². The lowest BCUT2D eigenvalue weighted by Crippen LogP contribution is -2.14. The van der Waals surface area contributed by atoms with Crippen LogP contribution in [0.4, 0.5) is 11.4 Å². The summed E-state index contributed by atoms with van der Waals surface area (Å²) in [4.78, 5) is -0.229. The van der Waals surface area contributed by atoms with Gasteiger partial charge in [-0.1, -0.05) is 40.9 Å². The summed E-state index contributed by atoms with van der Waals surface area (Å²) >= 11 is 17.6. The van der Waals surface area contributed by atoms with Gasteiger partial charge in [0.15, 0.2) is 0 Å². The maximum absolute atomic E-state index is 12.3. The molecule has 3 N–H and O–H groups in total. The summed E-state index contributed by atoms with van der Waals surface area (Å²) in [6, 6.07) is 8.92. The van der Waals surface area contributed by atoms with E-state index in [1.807, 2.05) is 0 Å². The van der Waals surface area contributed by atoms with E-state index in [-0.39, 0.29) is 20.0 Å². The van der Waals surface area contributed by atoms with E-state index in [2.05, 4.69) is 4.72 Å². The van der Waals surface area contributed by atoms with Crippen LogP contribution in [0.5, 0.6) is 0 Å². The van der Waals surface area contributed by atoms with E-state index < -0.39 is 10.0 Å². The zero-order valence-corrected chi connectivity index (χ0v) is 13.0. The summed E-state index contributed by atoms with van der Waals surface area (Å²) in [6.45, 7) is 0. The van der Waals surface area contributed by atoms with Crippen LogP contribution in [0.2, 0.25) is 15.1 Å². The molecule has 0 saturated carbocycles. The molecule has 0 aliphatic carbocycles. The summed E-state index contributed by atoms with van der Waals surface area (Å²) in [6.07, 6.45) is 0. The molecule has 0 amide bonds. The van der Waals surface area contributed by atoms with Crippen molar-refractivity contribution in [3.8, 4) is 0 Å². The normalized spacial score (nSPS) is 11.3. The lowest BCUT2D eigenvalue weighted by atomic mass is 10.3. The van der Waals surface area contributed by atoms with Gasteiger partial charge in [0.25, 0.3) is 10.0 Å². The predicted molar refractivity (Wildman–Crippen MR) is 83.1 cm³/mol. The van der Waals surface area contributed by atoms with Gasteiger partial charge in [0.2, 0.25) is 0 Å². The Morgan fingerprint density at radius 3 is 2.15 bits per heavy atom. The van der Waals surface area contributed by atoms with Crippen LogP contribution in [0, 0.1) is 0 Å². The van der Waals surface area contributed by atoms with Crippen LogP contribution in [0.25, 0.3) is 0 Å². The second-order valence-electron chi connectivity index (χ2n) is 3.93. The molecule has 0 bridgehead atoms. The summed E-state index contributed by atoms with van der Waals surface area (Å²) < 4.78 is 27.0. The smallest absolute Gasteiger partial charge is 0.264 e. The predicted octanol–water partition coefficient (Wildman–Crippen LogP) is 4.03. The number of nitrogens with one attached hydrogen (secondary N) is 1. The maximum atomic E-state index is 12.3. The fraction of sp³-hybridized carbons (Fsp3) is 0. The van der Waals surface area contributed by atoms with Gasteiger partial charge in [0.1, 0.15) is 4.90 Å². The third kappa shape index (κ3) is 3.30. The van der Waals surface area contributed by atoms with Crippen molar-refractivity contribution in [2.45, 2.75) is 4.90 Å². The Morgan fingerprint density at radius 1 is 1.00 bits per heavy atom. The Hall–Kier alpha value is -1.14. The molecule has 2 aromatic rings. The van der Waals surface area contributed by atoms with E-state index in [1.54, 1.807) is 18.2 Å². The number of anilines is 2. The van der Waals surface area contributed by atoms with Crippen molar-refractivity contribution in [2.24, 2.45) is 0 Å². The highest BCUT2D eigenvalue weighted by Crippen LogP contribution is 2.33. The first kappa shape index (κ1) is 15.3. The van der Waals surface area contributed by atoms with Crippen LogP contribution >= 0.6 is 34.8 Å². The van der Waals surface area contributed by atoms with Gasteiger partial charge in [-0.15, -0.1) is 0 Å². The molecule has 0 spiro atoms. The van der Waals surface area contributed by atoms with Crippen molar-refractivity contribution >= 4 is 56.2 Å². The van der Waals surface area contributed by atoms with Crippen LogP contribution in [-0.2, 0) is 10.0 Å². The van der Waals surface area contributed by atoms with Crippen molar-refractivity contribution in [2.75, 3.05) is 10.5 Å². The second kappa shape index (κ2) is 5.69. The van der Waals surface area contributed by atoms with Crippen LogP contribution in [0.3, 0.4) is 0 Å². The standard InChI is InChI=1S/C12H9Cl3N2O2S/c13-7-4-10(14)12(11(15)5-7)20(18,19)17-9-3-1-2-8(16)6-9/h1-6,17H,16H2. The Kier molecular flexibility index (Phi) is 4.34. The minimum Gasteiger partial charge on any atom is -0.399 e. The highest BCUT2D eigenvalue weighted by Gasteiger charge is 2.22. The SMILES string of the molecule is Nc1cccc(NS(=O)(=O)c2c(Cl)cc(Cl)cc2Cl)c1. The minimum absolute atomic E-state index is 0.0566. The maximum Gasteiger partial charge on any atom is 0.264 e. The molecular weight excluding hydrogens is 343 g/mol. The van der Waals surface area contributed by atoms with Crippen molar-refractivity contribution in [3.63, 3.8) is 0 Å². The molecule has 2 rings (SSSR count). The lowest BCUT2D eigenvalue weighted by molar-refractivity contribution is 0.601. The molecule has 0 aliphatic heterocycles. The van der Waals surface area contributed by atoms with Gasteiger partial charge in [0, 0.05) is 10.7 Å². The van der Waals surface area contributed by atoms with Gasteiger partial charge < -0.3 is 5.73 Å². The summed E-state index contributed by atoms with van der Waals surface area (Å²) in [5.74, 6) is 0. The first-order valence-electron chi connectivity index (χ1n) is 5.32. The first-order chi connectivity index (χ1) is 9.29. The molecule has 0 unspecified atom stereocenters. The van der Waals surface area contributed by atoms with E-state index in [1.165, 1.54) is 18.2 Å². The topological polar surface area (TPSA) is 72.2 Å². The zero-order valence-electron chi connectivity index (χ0n) is 9.90. The summed E-state index contributed by atoms with van der Waals surface area (Å²) in [5, 5.41) is 0.140. The first-order valence-corrected chi connectivity index (χ1v) is 7.94. The second-order valence-corrected chi connectivity index (χ2v) is 6.80. The fourth-order valence-corrected chi connectivity index (χ4v) is 4.19. The minimum atomic E-state index is -3.94. The highest BCUT2D eigenvalue weighted by atomic mass is 35.5. The van der Waals surface area contributed by atoms with Crippen molar-refractivity contribution < 1.29 is 8.42 Å². The number of sulfonamides is 1. The Labute approximate surface area is 131 Å². The summed E-state index contributed by atoms with van der Waals surface area (Å²) in [7, 11) is -3.94. The lowest BCUT2D eigenvalue weighted by Gasteiger charge is -2.11. The Morgan fingerprint density at radius 2 is 1.60 bits per heavy atom. The van der Waals surface area contributed by atoms with Crippen LogP contribution in [0.1, 0.15) is 0 Å². The van der Waals surface area contributed by atoms with Crippen molar-refractivity contribution in [1.82, 2.24) is 0 Å². The highest BCUT2D eigenvalue weighted by molar-refractivity contribution is 7.93. The van der Waals surface area contributed by atoms with Crippen molar-refractivity contribution in [1.29, 1.82) is 0 Å². The number of hydrogen-bond donors (Lipinski definition) is 2. The van der Waals surface area contributed by atoms with Gasteiger partial charge in [-0.25, -0.2) is 8.42 Å². The number of nitrogen functional groups attached to an aromatic ring is 1. The average molecular weight is 352 g/mol. The number of hydrogen-bond acceptors (Lipinski definition) is 3. The largest absolute Gasteiger partial charge is 0.399 e. The molecule has 106 valence electrons. The molecular formula is C12H9Cl3N2O2S. The molecule has 0 aromatic heterocycles. The monoisotopic (exact) mass is 350 g/mol. The van der Waals surface area contributed by atoms with Crippen molar-refractivity contribution in [3.05, 3.63) is 51.5 Å². The molecule has 20 heavy (non-hydrogen) atoms. The number of benzene rings is 2. The van der Waals surface area contributed by atoms with Crippen LogP contribution in [-0.4, -0.2) is 8.42 Å². The van der Waals surface area contributed by atoms with E-state index in [0.717, 1.165) is 0 Å². The van der Waals surface area contributed by atoms with Gasteiger partial charge in [-0.05, 0) is 30.3 Å². The van der Waals surface area contributed by atoms with Crippen LogP contribution in [0.15, 0.2) is 41.3 Å². The van der Waals surface area contributed by atoms with Gasteiger partial charge in [-0.2, -0.15) is 0 Å². The Balaban J connectivity index is 2.46. The number of rotatable bonds is 3. The molecule has 0 aliphatic rings. The molecule has 0 heterocycles. The molecule has 0 fully saturated rings. The molecule has 4 nitrogen and oxygen atoms in total. The summed E-state index contributed by atoms with van der Waals surface area (Å²) in [5.41, 5.74) is 6.33. The van der Waals surface area contributed by atoms with E-state index in [4.69, 9.17) is 40.5 Å². The third-order valence-corrected chi connectivity index (χ3v) is 4.89. The molecule has 0 saturated heterocycles. The van der Waals surface area contributed by atoms with E-state index in [0.29, 0.717) is 11.4 Å². The number of halogens is 3. The molecule has 0 atom stereocenters. The third-order valence-electron chi connectivity index (χ3n) is 2.37. The van der Waals surface area contributed by atoms with Gasteiger partial charge in [-0.3, -0.25) is 4.72 Å². The molecule has 8 heteroatoms. The average Bonchev–Trinajstić information content (AvgIpc) is 2.25. The van der Waals surface area contributed by atoms with Gasteiger partial charge >= 0.3 is 0 Å². The quantitative estimate of drug-likeness (QED) is 0.820. The molecule has 0 radical (unpaired) electrons.